The molecule has 0 saturated heterocycles. The third-order valence-corrected chi connectivity index (χ3v) is 5.26. The highest BCUT2D eigenvalue weighted by Crippen LogP contribution is 2.28. The van der Waals surface area contributed by atoms with E-state index in [-0.39, 0.29) is 30.9 Å². The highest BCUT2D eigenvalue weighted by Gasteiger charge is 2.20. The van der Waals surface area contributed by atoms with Crippen molar-refractivity contribution in [2.24, 2.45) is 0 Å². The molecule has 0 aliphatic carbocycles. The van der Waals surface area contributed by atoms with Crippen molar-refractivity contribution in [2.75, 3.05) is 25.1 Å². The summed E-state index contributed by atoms with van der Waals surface area (Å²) in [5.41, 5.74) is 2.79. The van der Waals surface area contributed by atoms with Crippen molar-refractivity contribution < 1.29 is 37.5 Å². The summed E-state index contributed by atoms with van der Waals surface area (Å²) in [6, 6.07) is 5.98. The minimum absolute atomic E-state index is 0.0145. The second-order valence-corrected chi connectivity index (χ2v) is 8.37. The van der Waals surface area contributed by atoms with Gasteiger partial charge in [-0.25, -0.2) is 24.1 Å². The second kappa shape index (κ2) is 14.8. The van der Waals surface area contributed by atoms with Gasteiger partial charge in [0.2, 0.25) is 5.91 Å². The Bertz CT molecular complexity index is 981. The fourth-order valence-electron chi connectivity index (χ4n) is 2.86. The number of halogens is 4. The van der Waals surface area contributed by atoms with Crippen LogP contribution < -0.4 is 16.3 Å². The summed E-state index contributed by atoms with van der Waals surface area (Å²) < 4.78 is 48.2. The molecule has 0 aliphatic heterocycles. The van der Waals surface area contributed by atoms with Gasteiger partial charge >= 0.3 is 0 Å². The van der Waals surface area contributed by atoms with E-state index < -0.39 is 35.0 Å². The Labute approximate surface area is 208 Å². The van der Waals surface area contributed by atoms with E-state index in [2.05, 4.69) is 10.8 Å². The summed E-state index contributed by atoms with van der Waals surface area (Å²) in [7, 11) is 0. The van der Waals surface area contributed by atoms with Gasteiger partial charge in [-0.1, -0.05) is 12.8 Å². The molecule has 12 heteroatoms. The van der Waals surface area contributed by atoms with Crippen LogP contribution in [-0.2, 0) is 14.4 Å². The number of hydrogen-bond acceptors (Lipinski definition) is 6. The van der Waals surface area contributed by atoms with Crippen molar-refractivity contribution in [3.8, 4) is 0 Å². The number of nitrogens with one attached hydrogen (secondary N) is 3. The minimum Gasteiger partial charge on any atom is -0.379 e. The minimum atomic E-state index is -1.33. The smallest absolute Gasteiger partial charge is 0.277 e. The average Bonchev–Trinajstić information content (AvgIpc) is 2.81. The quantitative estimate of drug-likeness (QED) is 0.110. The summed E-state index contributed by atoms with van der Waals surface area (Å²) >= 11 is 1.91. The summed E-state index contributed by atoms with van der Waals surface area (Å²) in [6.45, 7) is 0.660. The van der Waals surface area contributed by atoms with Gasteiger partial charge in [-0.2, -0.15) is 0 Å². The van der Waals surface area contributed by atoms with Gasteiger partial charge in [0.1, 0.15) is 5.82 Å². The first kappa shape index (κ1) is 27.8. The lowest BCUT2D eigenvalue weighted by molar-refractivity contribution is -0.129. The predicted octanol–water partition coefficient (Wildman–Crippen LogP) is 4.59. The van der Waals surface area contributed by atoms with Gasteiger partial charge in [0, 0.05) is 16.6 Å². The highest BCUT2D eigenvalue weighted by molar-refractivity contribution is 14.1. The molecule has 8 nitrogen and oxygen atoms in total. The lowest BCUT2D eigenvalue weighted by atomic mass is 10.1. The fraction of sp³-hybridized carbons (Fsp3) is 0.364. The van der Waals surface area contributed by atoms with Crippen molar-refractivity contribution in [3.63, 3.8) is 0 Å². The van der Waals surface area contributed by atoms with E-state index in [0.29, 0.717) is 16.6 Å². The lowest BCUT2D eigenvalue weighted by Crippen LogP contribution is -2.26. The van der Waals surface area contributed by atoms with Crippen LogP contribution in [-0.4, -0.2) is 36.8 Å². The molecule has 0 heterocycles. The van der Waals surface area contributed by atoms with Gasteiger partial charge in [0.05, 0.1) is 30.2 Å². The summed E-state index contributed by atoms with van der Waals surface area (Å²) in [6.07, 6.45) is 3.37. The maximum absolute atomic E-state index is 14.4. The van der Waals surface area contributed by atoms with Crippen LogP contribution in [0, 0.1) is 21.0 Å². The number of hydrogen-bond donors (Lipinski definition) is 4. The van der Waals surface area contributed by atoms with E-state index in [0.717, 1.165) is 31.4 Å². The van der Waals surface area contributed by atoms with Gasteiger partial charge in [0.15, 0.2) is 11.6 Å². The fourth-order valence-corrected chi connectivity index (χ4v) is 3.31. The molecular weight excluding hydrogens is 570 g/mol. The lowest BCUT2D eigenvalue weighted by Gasteiger charge is -2.14. The van der Waals surface area contributed by atoms with E-state index in [9.17, 15) is 22.8 Å². The Morgan fingerprint density at radius 2 is 1.71 bits per heavy atom. The molecule has 2 aromatic rings. The summed E-state index contributed by atoms with van der Waals surface area (Å²) in [5, 5.41) is 10.8. The van der Waals surface area contributed by atoms with Crippen molar-refractivity contribution in [2.45, 2.75) is 32.1 Å². The first-order valence-corrected chi connectivity index (χ1v) is 11.5. The van der Waals surface area contributed by atoms with Crippen LogP contribution in [0.5, 0.6) is 0 Å². The number of benzene rings is 2. The number of hydroxylamine groups is 2. The highest BCUT2D eigenvalue weighted by atomic mass is 127. The van der Waals surface area contributed by atoms with E-state index in [4.69, 9.17) is 14.8 Å². The molecule has 0 radical (unpaired) electrons. The Morgan fingerprint density at radius 3 is 2.44 bits per heavy atom. The zero-order valence-electron chi connectivity index (χ0n) is 18.1. The number of ether oxygens (including phenoxy) is 1. The molecule has 0 aliphatic rings. The van der Waals surface area contributed by atoms with E-state index >= 15 is 0 Å². The monoisotopic (exact) mass is 595 g/mol. The number of carbonyl (C=O) groups is 2. The molecule has 0 bridgehead atoms. The third-order valence-electron chi connectivity index (χ3n) is 4.59. The Kier molecular flexibility index (Phi) is 12.1. The molecule has 2 rings (SSSR count). The largest absolute Gasteiger partial charge is 0.379 e. The van der Waals surface area contributed by atoms with E-state index in [1.807, 2.05) is 22.6 Å². The van der Waals surface area contributed by atoms with Gasteiger partial charge < -0.3 is 10.1 Å². The molecule has 0 spiro atoms. The van der Waals surface area contributed by atoms with Crippen molar-refractivity contribution in [1.82, 2.24) is 11.0 Å². The zero-order valence-corrected chi connectivity index (χ0v) is 20.3. The van der Waals surface area contributed by atoms with Gasteiger partial charge in [0.25, 0.3) is 5.91 Å². The zero-order chi connectivity index (χ0) is 24.9. The van der Waals surface area contributed by atoms with Crippen molar-refractivity contribution in [3.05, 3.63) is 56.9 Å². The number of rotatable bonds is 14. The molecule has 2 amide bonds. The number of anilines is 2. The predicted molar refractivity (Wildman–Crippen MR) is 126 cm³/mol. The van der Waals surface area contributed by atoms with Crippen LogP contribution in [0.1, 0.15) is 42.5 Å². The summed E-state index contributed by atoms with van der Waals surface area (Å²) in [5.74, 6) is -4.48. The number of amides is 2. The maximum Gasteiger partial charge on any atom is 0.277 e. The molecule has 34 heavy (non-hydrogen) atoms. The van der Waals surface area contributed by atoms with Crippen LogP contribution in [0.15, 0.2) is 30.3 Å². The van der Waals surface area contributed by atoms with Crippen LogP contribution in [0.4, 0.5) is 24.5 Å². The SMILES string of the molecule is O=C(CCCCCCOCCONC(=O)c1ccc(F)c(F)c1Nc1ccc(I)cc1F)NO. The number of unbranched alkanes of at least 4 members (excludes halogenated alkanes) is 3. The van der Waals surface area contributed by atoms with Gasteiger partial charge in [-0.05, 0) is 65.8 Å². The average molecular weight is 595 g/mol. The molecule has 2 aromatic carbocycles. The molecular formula is C22H25F3IN3O5. The molecule has 0 saturated carbocycles. The van der Waals surface area contributed by atoms with E-state index in [1.165, 1.54) is 12.1 Å². The second-order valence-electron chi connectivity index (χ2n) is 7.12. The van der Waals surface area contributed by atoms with E-state index in [1.54, 1.807) is 11.5 Å². The molecule has 0 unspecified atom stereocenters. The van der Waals surface area contributed by atoms with Gasteiger partial charge in [-0.15, -0.1) is 0 Å². The van der Waals surface area contributed by atoms with Crippen LogP contribution in [0.3, 0.4) is 0 Å². The molecule has 0 atom stereocenters. The Hall–Kier alpha value is -2.42. The Morgan fingerprint density at radius 1 is 0.941 bits per heavy atom. The first-order valence-electron chi connectivity index (χ1n) is 10.5. The maximum atomic E-state index is 14.4. The van der Waals surface area contributed by atoms with Gasteiger partial charge in [-0.3, -0.25) is 19.6 Å². The molecule has 186 valence electrons. The third kappa shape index (κ3) is 9.08. The van der Waals surface area contributed by atoms with Crippen molar-refractivity contribution in [1.29, 1.82) is 0 Å². The van der Waals surface area contributed by atoms with Crippen LogP contribution in [0.25, 0.3) is 0 Å². The summed E-state index contributed by atoms with van der Waals surface area (Å²) in [4.78, 5) is 28.3. The Balaban J connectivity index is 1.76. The standard InChI is InChI=1S/C22H25F3IN3O5/c23-16-8-7-15(21(20(16)25)27-18-9-6-14(26)13-17(18)24)22(31)29-34-12-11-33-10-4-2-1-3-5-19(30)28-32/h6-9,13,27,32H,1-5,10-12H2,(H,28,30)(H,29,31). The topological polar surface area (TPSA) is 109 Å². The van der Waals surface area contributed by atoms with Crippen LogP contribution in [0.2, 0.25) is 0 Å². The molecule has 0 fully saturated rings. The van der Waals surface area contributed by atoms with Crippen molar-refractivity contribution >= 4 is 45.8 Å². The molecule has 0 aromatic heterocycles. The van der Waals surface area contributed by atoms with Crippen LogP contribution >= 0.6 is 22.6 Å². The molecule has 4 N–H and O–H groups in total. The first-order chi connectivity index (χ1) is 16.3. The normalized spacial score (nSPS) is 10.7. The number of carbonyl (C=O) groups excluding carboxylic acids is 2.